The molecule has 2 aromatic carbocycles. The lowest BCUT2D eigenvalue weighted by atomic mass is 10.1. The predicted molar refractivity (Wildman–Crippen MR) is 138 cm³/mol. The van der Waals surface area contributed by atoms with Gasteiger partial charge in [0.05, 0.1) is 0 Å². The quantitative estimate of drug-likeness (QED) is 0.247. The van der Waals surface area contributed by atoms with E-state index in [4.69, 9.17) is 31.6 Å². The number of aromatic nitrogens is 4. The van der Waals surface area contributed by atoms with E-state index < -0.39 is 5.91 Å². The lowest BCUT2D eigenvalue weighted by Gasteiger charge is -2.02. The number of amides is 1. The maximum absolute atomic E-state index is 11.3. The van der Waals surface area contributed by atoms with Crippen molar-refractivity contribution in [2.75, 3.05) is 7.11 Å². The largest absolute Gasteiger partial charge is 0.410 e. The van der Waals surface area contributed by atoms with Crippen LogP contribution in [0.5, 0.6) is 0 Å². The molecule has 0 radical (unpaired) electrons. The number of nitriles is 3. The Hall–Kier alpha value is -6.52. The van der Waals surface area contributed by atoms with Crippen LogP contribution in [0.15, 0.2) is 58.8 Å². The summed E-state index contributed by atoms with van der Waals surface area (Å²) >= 11 is 0. The van der Waals surface area contributed by atoms with Crippen molar-refractivity contribution >= 4 is 17.3 Å². The highest BCUT2D eigenvalue weighted by Crippen LogP contribution is 2.36. The monoisotopic (exact) mass is 526 g/mol. The average Bonchev–Trinajstić information content (AvgIpc) is 3.47. The van der Waals surface area contributed by atoms with Crippen molar-refractivity contribution in [3.8, 4) is 40.7 Å². The van der Waals surface area contributed by atoms with E-state index >= 15 is 0 Å². The Morgan fingerprint density at radius 2 is 1.20 bits per heavy atom. The van der Waals surface area contributed by atoms with Gasteiger partial charge < -0.3 is 15.8 Å². The average molecular weight is 526 g/mol. The Morgan fingerprint density at radius 1 is 0.750 bits per heavy atom. The first kappa shape index (κ1) is 25.1. The van der Waals surface area contributed by atoms with Crippen LogP contribution in [0, 0.1) is 34.0 Å². The van der Waals surface area contributed by atoms with Crippen molar-refractivity contribution < 1.29 is 14.8 Å². The Kier molecular flexibility index (Phi) is 6.34. The van der Waals surface area contributed by atoms with Crippen LogP contribution in [0.4, 0.5) is 0 Å². The Bertz CT molecular complexity index is 1930. The fourth-order valence-corrected chi connectivity index (χ4v) is 4.31. The van der Waals surface area contributed by atoms with Gasteiger partial charge in [-0.25, -0.2) is 19.9 Å². The second-order valence-electron chi connectivity index (χ2n) is 8.10. The van der Waals surface area contributed by atoms with Gasteiger partial charge in [0.15, 0.2) is 22.8 Å². The fourth-order valence-electron chi connectivity index (χ4n) is 4.31. The smallest absolute Gasteiger partial charge is 0.270 e. The van der Waals surface area contributed by atoms with Gasteiger partial charge in [0.2, 0.25) is 0 Å². The van der Waals surface area contributed by atoms with E-state index in [2.05, 4.69) is 30.2 Å². The Labute approximate surface area is 225 Å². The third kappa shape index (κ3) is 3.91. The molecule has 0 fully saturated rings. The van der Waals surface area contributed by atoms with E-state index in [-0.39, 0.29) is 34.2 Å². The Morgan fingerprint density at radius 3 is 1.70 bits per heavy atom. The first-order chi connectivity index (χ1) is 19.5. The number of oxime groups is 2. The number of carbonyl (C=O) groups excluding carboxylic acids is 1. The van der Waals surface area contributed by atoms with Crippen LogP contribution in [0.2, 0.25) is 0 Å². The first-order valence-electron chi connectivity index (χ1n) is 11.3. The number of benzene rings is 2. The van der Waals surface area contributed by atoms with E-state index in [1.807, 2.05) is 36.4 Å². The molecule has 4 aromatic rings. The number of hydrogen-bond donors (Lipinski definition) is 2. The highest BCUT2D eigenvalue weighted by Gasteiger charge is 2.31. The van der Waals surface area contributed by atoms with E-state index in [0.29, 0.717) is 33.9 Å². The van der Waals surface area contributed by atoms with Crippen molar-refractivity contribution in [2.24, 2.45) is 16.0 Å². The molecule has 0 atom stereocenters. The standard InChI is InChI=1S/C14H7N5O.C13H7N5O2/c1-20-19-13-9-5-3-2-4-8(9)12-14(13)18-11(7-16)10(6-15)17-12;14-5-8-11(13(15)19)17-9-6-3-1-2-4-7(6)10(18-20)12(9)16-8/h2-5H,1H3;1-4,20H,(H2,15,19). The topological polar surface area (TPSA) is 220 Å². The maximum atomic E-state index is 11.3. The molecule has 0 bridgehead atoms. The summed E-state index contributed by atoms with van der Waals surface area (Å²) in [6, 6.07) is 20.1. The van der Waals surface area contributed by atoms with Gasteiger partial charge in [-0.05, 0) is 0 Å². The molecule has 40 heavy (non-hydrogen) atoms. The van der Waals surface area contributed by atoms with Crippen molar-refractivity contribution in [2.45, 2.75) is 0 Å². The minimum absolute atomic E-state index is 0.0112. The van der Waals surface area contributed by atoms with Gasteiger partial charge >= 0.3 is 0 Å². The van der Waals surface area contributed by atoms with Crippen LogP contribution in [0.1, 0.15) is 50.1 Å². The summed E-state index contributed by atoms with van der Waals surface area (Å²) in [6.07, 6.45) is 0. The molecule has 0 spiro atoms. The second-order valence-corrected chi connectivity index (χ2v) is 8.10. The molecule has 2 aliphatic rings. The molecule has 0 saturated heterocycles. The maximum Gasteiger partial charge on any atom is 0.270 e. The highest BCUT2D eigenvalue weighted by atomic mass is 16.6. The molecular weight excluding hydrogens is 512 g/mol. The molecule has 0 saturated carbocycles. The molecule has 0 unspecified atom stereocenters. The molecule has 13 heteroatoms. The summed E-state index contributed by atoms with van der Waals surface area (Å²) in [5, 5.41) is 43.4. The minimum Gasteiger partial charge on any atom is -0.410 e. The third-order valence-electron chi connectivity index (χ3n) is 5.95. The lowest BCUT2D eigenvalue weighted by molar-refractivity contribution is 0.0995. The number of rotatable bonds is 2. The van der Waals surface area contributed by atoms with Gasteiger partial charge in [0, 0.05) is 22.3 Å². The molecule has 0 aliphatic heterocycles. The zero-order chi connectivity index (χ0) is 28.4. The lowest BCUT2D eigenvalue weighted by Crippen LogP contribution is -2.18. The minimum atomic E-state index is -0.830. The van der Waals surface area contributed by atoms with Crippen LogP contribution in [0.25, 0.3) is 22.5 Å². The molecule has 2 aromatic heterocycles. The van der Waals surface area contributed by atoms with Crippen LogP contribution >= 0.6 is 0 Å². The fraction of sp³-hybridized carbons (Fsp3) is 0.0370. The number of primary amides is 1. The summed E-state index contributed by atoms with van der Waals surface area (Å²) in [7, 11) is 1.44. The van der Waals surface area contributed by atoms with Gasteiger partial charge in [0.1, 0.15) is 59.5 Å². The molecule has 13 nitrogen and oxygen atoms in total. The van der Waals surface area contributed by atoms with Crippen LogP contribution in [-0.4, -0.2) is 49.6 Å². The van der Waals surface area contributed by atoms with Gasteiger partial charge in [-0.2, -0.15) is 15.8 Å². The van der Waals surface area contributed by atoms with Gasteiger partial charge in [0.25, 0.3) is 5.91 Å². The summed E-state index contributed by atoms with van der Waals surface area (Å²) in [6.45, 7) is 0. The molecule has 2 aliphatic carbocycles. The molecule has 3 N–H and O–H groups in total. The molecule has 2 heterocycles. The molecule has 1 amide bonds. The molecule has 190 valence electrons. The van der Waals surface area contributed by atoms with Gasteiger partial charge in [-0.15, -0.1) is 0 Å². The van der Waals surface area contributed by atoms with E-state index in [1.54, 1.807) is 30.3 Å². The van der Waals surface area contributed by atoms with Gasteiger partial charge in [-0.3, -0.25) is 4.79 Å². The number of nitrogens with zero attached hydrogens (tertiary/aromatic N) is 9. The summed E-state index contributed by atoms with van der Waals surface area (Å²) < 4.78 is 0. The van der Waals surface area contributed by atoms with Crippen molar-refractivity contribution in [1.29, 1.82) is 15.8 Å². The van der Waals surface area contributed by atoms with Crippen LogP contribution in [0.3, 0.4) is 0 Å². The normalized spacial score (nSPS) is 13.4. The second kappa shape index (κ2) is 10.1. The van der Waals surface area contributed by atoms with Crippen molar-refractivity contribution in [3.05, 3.63) is 93.8 Å². The zero-order valence-electron chi connectivity index (χ0n) is 20.5. The van der Waals surface area contributed by atoms with E-state index in [1.165, 1.54) is 7.11 Å². The number of nitrogens with two attached hydrogens (primary N) is 1. The molecular formula is C27H14N10O3. The van der Waals surface area contributed by atoms with Gasteiger partial charge in [-0.1, -0.05) is 58.8 Å². The van der Waals surface area contributed by atoms with Crippen LogP contribution in [-0.2, 0) is 4.84 Å². The first-order valence-corrected chi connectivity index (χ1v) is 11.3. The summed E-state index contributed by atoms with van der Waals surface area (Å²) in [5.41, 5.74) is 10.2. The van der Waals surface area contributed by atoms with E-state index in [0.717, 1.165) is 11.1 Å². The SMILES string of the molecule is CON=C1c2ccccc2-c2nc(C#N)c(C#N)nc21.N#Cc1nc2c(nc1C(N)=O)-c1ccccc1C2=NO. The number of fused-ring (bicyclic) bond motifs is 6. The van der Waals surface area contributed by atoms with Crippen molar-refractivity contribution in [3.63, 3.8) is 0 Å². The predicted octanol–water partition coefficient (Wildman–Crippen LogP) is 2.25. The third-order valence-corrected chi connectivity index (χ3v) is 5.95. The highest BCUT2D eigenvalue weighted by molar-refractivity contribution is 6.23. The summed E-state index contributed by atoms with van der Waals surface area (Å²) in [4.78, 5) is 32.8. The summed E-state index contributed by atoms with van der Waals surface area (Å²) in [5.74, 6) is -0.830. The van der Waals surface area contributed by atoms with E-state index in [9.17, 15) is 4.79 Å². The molecule has 6 rings (SSSR count). The number of hydrogen-bond acceptors (Lipinski definition) is 12. The zero-order valence-corrected chi connectivity index (χ0v) is 20.5. The Balaban J connectivity index is 0.000000161. The number of carbonyl (C=O) groups is 1. The van der Waals surface area contributed by atoms with Crippen LogP contribution < -0.4 is 5.73 Å². The van der Waals surface area contributed by atoms with Crippen molar-refractivity contribution in [1.82, 2.24) is 19.9 Å².